The van der Waals surface area contributed by atoms with Crippen molar-refractivity contribution in [1.29, 1.82) is 0 Å². The molecule has 2 rings (SSSR count). The Kier molecular flexibility index (Phi) is 5.91. The maximum atomic E-state index is 12.1. The summed E-state index contributed by atoms with van der Waals surface area (Å²) in [4.78, 5) is 17.9. The highest BCUT2D eigenvalue weighted by Crippen LogP contribution is 2.17. The summed E-state index contributed by atoms with van der Waals surface area (Å²) in [5.41, 5.74) is 7.30. The number of nitrogen functional groups attached to an aromatic ring is 1. The van der Waals surface area contributed by atoms with E-state index in [0.717, 1.165) is 11.3 Å². The zero-order valence-corrected chi connectivity index (χ0v) is 13.4. The minimum atomic E-state index is -0.546. The summed E-state index contributed by atoms with van der Waals surface area (Å²) in [5.74, 6) is 0.0480. The Morgan fingerprint density at radius 2 is 2.14 bits per heavy atom. The van der Waals surface area contributed by atoms with Crippen LogP contribution in [0.5, 0.6) is 0 Å². The molecule has 118 valence electrons. The molecule has 1 amide bonds. The molecule has 0 unspecified atom stereocenters. The van der Waals surface area contributed by atoms with E-state index < -0.39 is 6.10 Å². The van der Waals surface area contributed by atoms with Gasteiger partial charge in [-0.05, 0) is 18.4 Å². The fourth-order valence-electron chi connectivity index (χ4n) is 2.15. The minimum absolute atomic E-state index is 0.0480. The lowest BCUT2D eigenvalue weighted by Crippen LogP contribution is -2.28. The molecule has 2 aromatic rings. The van der Waals surface area contributed by atoms with Gasteiger partial charge in [0.15, 0.2) is 5.13 Å². The van der Waals surface area contributed by atoms with Gasteiger partial charge in [-0.3, -0.25) is 4.79 Å². The topological polar surface area (TPSA) is 79.5 Å². The van der Waals surface area contributed by atoms with E-state index in [0.29, 0.717) is 30.9 Å². The molecule has 1 atom stereocenters. The summed E-state index contributed by atoms with van der Waals surface area (Å²) in [6.45, 7) is 0.522. The first-order valence-corrected chi connectivity index (χ1v) is 8.11. The highest BCUT2D eigenvalue weighted by molar-refractivity contribution is 7.13. The molecular weight excluding hydrogens is 298 g/mol. The lowest BCUT2D eigenvalue weighted by Gasteiger charge is -2.19. The first kappa shape index (κ1) is 16.5. The molecule has 1 aromatic heterocycles. The van der Waals surface area contributed by atoms with Crippen molar-refractivity contribution in [2.75, 3.05) is 19.3 Å². The van der Waals surface area contributed by atoms with E-state index in [9.17, 15) is 9.90 Å². The van der Waals surface area contributed by atoms with Gasteiger partial charge in [-0.1, -0.05) is 30.3 Å². The largest absolute Gasteiger partial charge is 0.388 e. The van der Waals surface area contributed by atoms with Crippen molar-refractivity contribution in [3.63, 3.8) is 0 Å². The third-order valence-corrected chi connectivity index (χ3v) is 4.24. The van der Waals surface area contributed by atoms with Crippen molar-refractivity contribution in [2.45, 2.75) is 25.4 Å². The third-order valence-electron chi connectivity index (χ3n) is 3.51. The van der Waals surface area contributed by atoms with Gasteiger partial charge in [-0.15, -0.1) is 11.3 Å². The Hall–Kier alpha value is -1.92. The lowest BCUT2D eigenvalue weighted by molar-refractivity contribution is -0.130. The van der Waals surface area contributed by atoms with Crippen LogP contribution in [0.2, 0.25) is 0 Å². The van der Waals surface area contributed by atoms with E-state index in [1.807, 2.05) is 35.7 Å². The van der Waals surface area contributed by atoms with Crippen molar-refractivity contribution in [2.24, 2.45) is 0 Å². The molecule has 0 aliphatic rings. The van der Waals surface area contributed by atoms with Crippen LogP contribution in [0.1, 0.15) is 30.2 Å². The molecule has 0 saturated heterocycles. The van der Waals surface area contributed by atoms with Gasteiger partial charge in [0.2, 0.25) is 5.91 Å². The van der Waals surface area contributed by atoms with Crippen molar-refractivity contribution in [3.8, 4) is 0 Å². The number of hydrogen-bond donors (Lipinski definition) is 2. The highest BCUT2D eigenvalue weighted by atomic mass is 32.1. The quantitative estimate of drug-likeness (QED) is 0.820. The molecule has 0 fully saturated rings. The number of nitrogens with two attached hydrogens (primary N) is 1. The number of rotatable bonds is 7. The van der Waals surface area contributed by atoms with Crippen molar-refractivity contribution >= 4 is 22.4 Å². The molecular formula is C16H21N3O2S. The van der Waals surface area contributed by atoms with Gasteiger partial charge in [0.25, 0.3) is 0 Å². The van der Waals surface area contributed by atoms with E-state index in [4.69, 9.17) is 5.73 Å². The number of aliphatic hydroxyl groups excluding tert-OH is 1. The zero-order chi connectivity index (χ0) is 15.9. The van der Waals surface area contributed by atoms with Gasteiger partial charge < -0.3 is 15.7 Å². The number of benzene rings is 1. The first-order chi connectivity index (χ1) is 10.6. The number of carbonyl (C=O) groups excluding carboxylic acids is 1. The standard InChI is InChI=1S/C16H21N3O2S/c1-19(10-9-14(20)12-5-3-2-4-6-12)15(21)8-7-13-11-22-16(17)18-13/h2-6,11,14,20H,7-10H2,1H3,(H2,17,18)/t14-/m0/s1. The van der Waals surface area contributed by atoms with Gasteiger partial charge in [-0.2, -0.15) is 0 Å². The van der Waals surface area contributed by atoms with Crippen LogP contribution in [0, 0.1) is 0 Å². The van der Waals surface area contributed by atoms with Gasteiger partial charge >= 0.3 is 0 Å². The second-order valence-electron chi connectivity index (χ2n) is 5.21. The van der Waals surface area contributed by atoms with E-state index in [1.54, 1.807) is 11.9 Å². The number of aliphatic hydroxyl groups is 1. The first-order valence-electron chi connectivity index (χ1n) is 7.23. The molecule has 0 radical (unpaired) electrons. The van der Waals surface area contributed by atoms with Gasteiger partial charge in [0.05, 0.1) is 11.8 Å². The number of anilines is 1. The number of aryl methyl sites for hydroxylation is 1. The maximum absolute atomic E-state index is 12.1. The van der Waals surface area contributed by atoms with E-state index in [1.165, 1.54) is 11.3 Å². The second-order valence-corrected chi connectivity index (χ2v) is 6.10. The Balaban J connectivity index is 1.74. The van der Waals surface area contributed by atoms with Crippen LogP contribution in [0.3, 0.4) is 0 Å². The van der Waals surface area contributed by atoms with Crippen LogP contribution in [0.4, 0.5) is 5.13 Å². The Labute approximate surface area is 134 Å². The minimum Gasteiger partial charge on any atom is -0.388 e. The van der Waals surface area contributed by atoms with Crippen LogP contribution in [0.25, 0.3) is 0 Å². The molecule has 5 nitrogen and oxygen atoms in total. The molecule has 6 heteroatoms. The van der Waals surface area contributed by atoms with E-state index in [2.05, 4.69) is 4.98 Å². The number of nitrogens with zero attached hydrogens (tertiary/aromatic N) is 2. The maximum Gasteiger partial charge on any atom is 0.222 e. The number of hydrogen-bond acceptors (Lipinski definition) is 5. The normalized spacial score (nSPS) is 12.1. The summed E-state index contributed by atoms with van der Waals surface area (Å²) < 4.78 is 0. The summed E-state index contributed by atoms with van der Waals surface area (Å²) in [7, 11) is 1.76. The van der Waals surface area contributed by atoms with Crippen LogP contribution >= 0.6 is 11.3 Å². The van der Waals surface area contributed by atoms with Gasteiger partial charge in [0, 0.05) is 25.4 Å². The fourth-order valence-corrected chi connectivity index (χ4v) is 2.74. The highest BCUT2D eigenvalue weighted by Gasteiger charge is 2.13. The summed E-state index contributed by atoms with van der Waals surface area (Å²) >= 11 is 1.38. The molecule has 0 bridgehead atoms. The van der Waals surface area contributed by atoms with Crippen LogP contribution in [-0.4, -0.2) is 34.5 Å². The zero-order valence-electron chi connectivity index (χ0n) is 12.6. The van der Waals surface area contributed by atoms with E-state index in [-0.39, 0.29) is 5.91 Å². The SMILES string of the molecule is CN(CC[C@H](O)c1ccccc1)C(=O)CCc1csc(N)n1. The predicted octanol–water partition coefficient (Wildman–Crippen LogP) is 2.24. The monoisotopic (exact) mass is 319 g/mol. The average molecular weight is 319 g/mol. The molecule has 0 aliphatic heterocycles. The van der Waals surface area contributed by atoms with Crippen molar-refractivity contribution in [1.82, 2.24) is 9.88 Å². The smallest absolute Gasteiger partial charge is 0.222 e. The molecule has 22 heavy (non-hydrogen) atoms. The van der Waals surface area contributed by atoms with Crippen LogP contribution in [0.15, 0.2) is 35.7 Å². The van der Waals surface area contributed by atoms with Crippen LogP contribution < -0.4 is 5.73 Å². The molecule has 0 spiro atoms. The number of thiazole rings is 1. The lowest BCUT2D eigenvalue weighted by atomic mass is 10.1. The Morgan fingerprint density at radius 3 is 2.77 bits per heavy atom. The van der Waals surface area contributed by atoms with Crippen molar-refractivity contribution in [3.05, 3.63) is 47.0 Å². The molecule has 3 N–H and O–H groups in total. The average Bonchev–Trinajstić information content (AvgIpc) is 2.96. The van der Waals surface area contributed by atoms with Gasteiger partial charge in [0.1, 0.15) is 0 Å². The van der Waals surface area contributed by atoms with Crippen molar-refractivity contribution < 1.29 is 9.90 Å². The van der Waals surface area contributed by atoms with Crippen LogP contribution in [-0.2, 0) is 11.2 Å². The summed E-state index contributed by atoms with van der Waals surface area (Å²) in [6.07, 6.45) is 0.976. The molecule has 0 aliphatic carbocycles. The Bertz CT molecular complexity index is 600. The predicted molar refractivity (Wildman–Crippen MR) is 88.5 cm³/mol. The van der Waals surface area contributed by atoms with Gasteiger partial charge in [-0.25, -0.2) is 4.98 Å². The Morgan fingerprint density at radius 1 is 1.41 bits per heavy atom. The summed E-state index contributed by atoms with van der Waals surface area (Å²) in [5, 5.41) is 12.5. The second kappa shape index (κ2) is 7.91. The third kappa shape index (κ3) is 4.82. The molecule has 0 saturated carbocycles. The number of carbonyl (C=O) groups is 1. The molecule has 1 heterocycles. The fraction of sp³-hybridized carbons (Fsp3) is 0.375. The number of aromatic nitrogens is 1. The molecule has 1 aromatic carbocycles. The van der Waals surface area contributed by atoms with E-state index >= 15 is 0 Å². The summed E-state index contributed by atoms with van der Waals surface area (Å²) in [6, 6.07) is 9.48. The number of amides is 1.